The monoisotopic (exact) mass is 254 g/mol. The zero-order valence-electron chi connectivity index (χ0n) is 11.7. The van der Waals surface area contributed by atoms with Gasteiger partial charge in [-0.1, -0.05) is 13.8 Å². The Bertz CT molecular complexity index is 406. The minimum atomic E-state index is -0.552. The van der Waals surface area contributed by atoms with Crippen LogP contribution in [0.4, 0.5) is 0 Å². The number of carbonyl (C=O) groups excluding carboxylic acids is 1. The maximum atomic E-state index is 12.0. The minimum absolute atomic E-state index is 0.00808. The Labute approximate surface area is 107 Å². The van der Waals surface area contributed by atoms with Gasteiger partial charge in [0.2, 0.25) is 0 Å². The molecule has 1 aromatic rings. The molecule has 1 atom stereocenters. The van der Waals surface area contributed by atoms with Gasteiger partial charge in [0.1, 0.15) is 11.3 Å². The first-order chi connectivity index (χ1) is 8.26. The molecule has 0 bridgehead atoms. The van der Waals surface area contributed by atoms with Crippen molar-refractivity contribution in [2.45, 2.75) is 46.1 Å². The number of nitrogens with zero attached hydrogens (tertiary/aromatic N) is 2. The Morgan fingerprint density at radius 3 is 2.44 bits per heavy atom. The van der Waals surface area contributed by atoms with E-state index < -0.39 is 11.6 Å². The van der Waals surface area contributed by atoms with E-state index in [1.54, 1.807) is 0 Å². The zero-order valence-corrected chi connectivity index (χ0v) is 11.7. The number of hydrogen-bond donors (Lipinski definition) is 2. The summed E-state index contributed by atoms with van der Waals surface area (Å²) >= 11 is 0. The lowest BCUT2D eigenvalue weighted by Crippen LogP contribution is -2.26. The van der Waals surface area contributed by atoms with Crippen LogP contribution in [0.15, 0.2) is 0 Å². The third-order valence-corrected chi connectivity index (χ3v) is 2.58. The van der Waals surface area contributed by atoms with E-state index in [4.69, 9.17) is 10.5 Å². The highest BCUT2D eigenvalue weighted by Gasteiger charge is 2.28. The van der Waals surface area contributed by atoms with Gasteiger partial charge >= 0.3 is 5.97 Å². The Kier molecular flexibility index (Phi) is 4.45. The molecule has 18 heavy (non-hydrogen) atoms. The lowest BCUT2D eigenvalue weighted by molar-refractivity contribution is 0.00608. The van der Waals surface area contributed by atoms with Crippen molar-refractivity contribution < 1.29 is 9.53 Å². The van der Waals surface area contributed by atoms with Crippen LogP contribution in [0.25, 0.3) is 0 Å². The van der Waals surface area contributed by atoms with Crippen molar-refractivity contribution >= 4 is 5.97 Å². The maximum absolute atomic E-state index is 12.0. The van der Waals surface area contributed by atoms with Gasteiger partial charge in [0, 0.05) is 12.5 Å². The predicted molar refractivity (Wildman–Crippen MR) is 68.2 cm³/mol. The normalized spacial score (nSPS) is 13.7. The molecule has 0 radical (unpaired) electrons. The minimum Gasteiger partial charge on any atom is -0.455 e. The molecular weight excluding hydrogens is 232 g/mol. The molecule has 0 saturated carbocycles. The van der Waals surface area contributed by atoms with Crippen LogP contribution < -0.4 is 5.73 Å². The summed E-state index contributed by atoms with van der Waals surface area (Å²) in [6.45, 7) is 9.92. The van der Waals surface area contributed by atoms with E-state index >= 15 is 0 Å². The summed E-state index contributed by atoms with van der Waals surface area (Å²) in [6, 6.07) is 0. The highest BCUT2D eigenvalue weighted by molar-refractivity contribution is 5.88. The fourth-order valence-corrected chi connectivity index (χ4v) is 1.67. The molecule has 0 spiro atoms. The maximum Gasteiger partial charge on any atom is 0.361 e. The highest BCUT2D eigenvalue weighted by atomic mass is 16.6. The number of carbonyl (C=O) groups is 1. The lowest BCUT2D eigenvalue weighted by Gasteiger charge is -2.20. The molecule has 0 fully saturated rings. The average Bonchev–Trinajstić information content (AvgIpc) is 2.64. The molecule has 0 amide bonds. The van der Waals surface area contributed by atoms with Crippen molar-refractivity contribution in [3.63, 3.8) is 0 Å². The molecule has 6 nitrogen and oxygen atoms in total. The Balaban J connectivity index is 2.98. The molecular formula is C12H22N4O2. The summed E-state index contributed by atoms with van der Waals surface area (Å²) in [5.41, 5.74) is 5.99. The number of nitrogens with two attached hydrogens (primary N) is 1. The fourth-order valence-electron chi connectivity index (χ4n) is 1.67. The summed E-state index contributed by atoms with van der Waals surface area (Å²) < 4.78 is 5.29. The molecule has 1 unspecified atom stereocenters. The van der Waals surface area contributed by atoms with Gasteiger partial charge in [0.05, 0.1) is 0 Å². The number of aromatic nitrogens is 3. The molecule has 0 aliphatic rings. The predicted octanol–water partition coefficient (Wildman–Crippen LogP) is 1.46. The molecule has 1 aromatic heterocycles. The average molecular weight is 254 g/mol. The molecule has 0 saturated heterocycles. The third-order valence-electron chi connectivity index (χ3n) is 2.58. The third kappa shape index (κ3) is 3.53. The number of aromatic amines is 1. The number of hydrogen-bond acceptors (Lipinski definition) is 5. The summed E-state index contributed by atoms with van der Waals surface area (Å²) in [4.78, 5) is 12.0. The summed E-state index contributed by atoms with van der Waals surface area (Å²) in [5, 5.41) is 10.4. The van der Waals surface area contributed by atoms with E-state index in [9.17, 15) is 4.79 Å². The molecule has 0 aromatic carbocycles. The van der Waals surface area contributed by atoms with E-state index in [2.05, 4.69) is 15.4 Å². The van der Waals surface area contributed by atoms with Crippen LogP contribution in [0, 0.1) is 5.92 Å². The number of ether oxygens (including phenoxy) is 1. The smallest absolute Gasteiger partial charge is 0.361 e. The first-order valence-corrected chi connectivity index (χ1v) is 6.10. The van der Waals surface area contributed by atoms with Crippen LogP contribution in [-0.2, 0) is 4.74 Å². The Morgan fingerprint density at radius 1 is 1.39 bits per heavy atom. The van der Waals surface area contributed by atoms with Gasteiger partial charge in [-0.05, 0) is 26.7 Å². The van der Waals surface area contributed by atoms with Gasteiger partial charge in [-0.25, -0.2) is 4.79 Å². The van der Waals surface area contributed by atoms with E-state index in [0.29, 0.717) is 12.2 Å². The van der Waals surface area contributed by atoms with Crippen LogP contribution in [-0.4, -0.2) is 33.5 Å². The van der Waals surface area contributed by atoms with E-state index in [1.807, 2.05) is 34.6 Å². The van der Waals surface area contributed by atoms with Crippen molar-refractivity contribution in [1.82, 2.24) is 15.4 Å². The van der Waals surface area contributed by atoms with Crippen LogP contribution >= 0.6 is 0 Å². The summed E-state index contributed by atoms with van der Waals surface area (Å²) in [5.74, 6) is -0.196. The van der Waals surface area contributed by atoms with Crippen LogP contribution in [0.3, 0.4) is 0 Å². The first-order valence-electron chi connectivity index (χ1n) is 6.10. The second-order valence-electron chi connectivity index (χ2n) is 5.65. The SMILES string of the molecule is CC(C)C(CN)c1n[nH]nc1C(=O)OC(C)(C)C. The van der Waals surface area contributed by atoms with E-state index in [1.165, 1.54) is 0 Å². The first kappa shape index (κ1) is 14.6. The van der Waals surface area contributed by atoms with Crippen LogP contribution in [0.5, 0.6) is 0 Å². The van der Waals surface area contributed by atoms with Crippen molar-refractivity contribution in [2.24, 2.45) is 11.7 Å². The van der Waals surface area contributed by atoms with Gasteiger partial charge < -0.3 is 10.5 Å². The topological polar surface area (TPSA) is 93.9 Å². The molecule has 1 heterocycles. The van der Waals surface area contributed by atoms with E-state index in [-0.39, 0.29) is 17.5 Å². The van der Waals surface area contributed by atoms with Gasteiger partial charge in [-0.3, -0.25) is 0 Å². The van der Waals surface area contributed by atoms with Gasteiger partial charge in [0.15, 0.2) is 5.69 Å². The zero-order chi connectivity index (χ0) is 13.9. The van der Waals surface area contributed by atoms with Crippen molar-refractivity contribution in [2.75, 3.05) is 6.54 Å². The van der Waals surface area contributed by atoms with Crippen molar-refractivity contribution in [3.05, 3.63) is 11.4 Å². The van der Waals surface area contributed by atoms with Gasteiger partial charge in [-0.15, -0.1) is 5.10 Å². The van der Waals surface area contributed by atoms with Crippen LogP contribution in [0.2, 0.25) is 0 Å². The molecule has 1 rings (SSSR count). The second-order valence-corrected chi connectivity index (χ2v) is 5.65. The standard InChI is InChI=1S/C12H22N4O2/c1-7(2)8(6-13)9-10(15-16-14-9)11(17)18-12(3,4)5/h7-8H,6,13H2,1-5H3,(H,14,15,16). The quantitative estimate of drug-likeness (QED) is 0.793. The molecule has 6 heteroatoms. The second kappa shape index (κ2) is 5.48. The number of esters is 1. The number of nitrogens with one attached hydrogen (secondary N) is 1. The molecule has 102 valence electrons. The van der Waals surface area contributed by atoms with Gasteiger partial charge in [-0.2, -0.15) is 10.3 Å². The number of rotatable bonds is 4. The molecule has 0 aliphatic heterocycles. The fraction of sp³-hybridized carbons (Fsp3) is 0.750. The summed E-state index contributed by atoms with van der Waals surface area (Å²) in [6.07, 6.45) is 0. The van der Waals surface area contributed by atoms with Crippen molar-refractivity contribution in [3.8, 4) is 0 Å². The van der Waals surface area contributed by atoms with E-state index in [0.717, 1.165) is 0 Å². The largest absolute Gasteiger partial charge is 0.455 e. The van der Waals surface area contributed by atoms with Crippen LogP contribution in [0.1, 0.15) is 56.7 Å². The highest BCUT2D eigenvalue weighted by Crippen LogP contribution is 2.24. The van der Waals surface area contributed by atoms with Crippen molar-refractivity contribution in [1.29, 1.82) is 0 Å². The molecule has 0 aliphatic carbocycles. The number of H-pyrrole nitrogens is 1. The lowest BCUT2D eigenvalue weighted by atomic mass is 9.91. The summed E-state index contributed by atoms with van der Waals surface area (Å²) in [7, 11) is 0. The van der Waals surface area contributed by atoms with Gasteiger partial charge in [0.25, 0.3) is 0 Å². The Morgan fingerprint density at radius 2 is 2.00 bits per heavy atom. The molecule has 3 N–H and O–H groups in total. The Hall–Kier alpha value is -1.43.